The average Bonchev–Trinajstić information content (AvgIpc) is 2.71. The first-order valence-corrected chi connectivity index (χ1v) is 10.6. The number of halogens is 1. The zero-order valence-electron chi connectivity index (χ0n) is 18.5. The van der Waals surface area contributed by atoms with Crippen molar-refractivity contribution in [3.63, 3.8) is 0 Å². The van der Waals surface area contributed by atoms with Crippen LogP contribution < -0.4 is 0 Å². The predicted molar refractivity (Wildman–Crippen MR) is 120 cm³/mol. The predicted octanol–water partition coefficient (Wildman–Crippen LogP) is 0.774. The van der Waals surface area contributed by atoms with Crippen LogP contribution in [0, 0.1) is 0 Å². The second-order valence-corrected chi connectivity index (χ2v) is 7.75. The molecule has 34 heavy (non-hydrogen) atoms. The van der Waals surface area contributed by atoms with Gasteiger partial charge in [-0.05, 0) is 25.0 Å². The van der Waals surface area contributed by atoms with Crippen molar-refractivity contribution < 1.29 is 44.3 Å². The van der Waals surface area contributed by atoms with Gasteiger partial charge in [0.15, 0.2) is 0 Å². The smallest absolute Gasteiger partial charge is 0.320 e. The van der Waals surface area contributed by atoms with Crippen LogP contribution in [0.4, 0.5) is 0 Å². The quantitative estimate of drug-likeness (QED) is 0.353. The van der Waals surface area contributed by atoms with Crippen molar-refractivity contribution in [1.29, 1.82) is 0 Å². The standard InChI is InChI=1S/C21H29N3O9.ClH/c25-18(26)6-4-16(20(29)30)23-8-10-33-11-9-24(17(21(31)32)5-7-19(27)28)13-15-3-1-2-14(12-23)22-15;/h1-3,16-17H,4-13H2,(H,25,26)(H,27,28)(H,29,30)(H,31,32);1H/t16-,17-;/m1./s1. The van der Waals surface area contributed by atoms with Crippen LogP contribution in [-0.2, 0) is 37.0 Å². The first-order chi connectivity index (χ1) is 15.7. The Balaban J connectivity index is 0.00000578. The van der Waals surface area contributed by atoms with Crippen molar-refractivity contribution in [2.45, 2.75) is 50.9 Å². The van der Waals surface area contributed by atoms with Gasteiger partial charge in [0, 0.05) is 39.0 Å². The second-order valence-electron chi connectivity index (χ2n) is 7.75. The molecule has 2 heterocycles. The summed E-state index contributed by atoms with van der Waals surface area (Å²) in [5, 5.41) is 37.2. The zero-order valence-corrected chi connectivity index (χ0v) is 19.4. The number of carboxylic acids is 4. The van der Waals surface area contributed by atoms with Gasteiger partial charge in [-0.3, -0.25) is 34.0 Å². The van der Waals surface area contributed by atoms with E-state index >= 15 is 0 Å². The van der Waals surface area contributed by atoms with Gasteiger partial charge in [0.25, 0.3) is 0 Å². The molecular weight excluding hydrogens is 474 g/mol. The van der Waals surface area contributed by atoms with E-state index in [-0.39, 0.29) is 77.5 Å². The Morgan fingerprint density at radius 2 is 1.24 bits per heavy atom. The molecule has 0 radical (unpaired) electrons. The van der Waals surface area contributed by atoms with Gasteiger partial charge in [-0.25, -0.2) is 0 Å². The Kier molecular flexibility index (Phi) is 12.4. The van der Waals surface area contributed by atoms with Gasteiger partial charge in [-0.2, -0.15) is 0 Å². The molecular formula is C21H30ClN3O9. The monoisotopic (exact) mass is 503 g/mol. The third kappa shape index (κ3) is 9.59. The van der Waals surface area contributed by atoms with Crippen LogP contribution >= 0.6 is 12.4 Å². The van der Waals surface area contributed by atoms with Crippen molar-refractivity contribution in [3.05, 3.63) is 29.6 Å². The summed E-state index contributed by atoms with van der Waals surface area (Å²) in [7, 11) is 0. The lowest BCUT2D eigenvalue weighted by Crippen LogP contribution is -2.45. The maximum Gasteiger partial charge on any atom is 0.320 e. The number of hydrogen-bond acceptors (Lipinski definition) is 8. The SMILES string of the molecule is Cl.O=C(O)CC[C@H](C(=O)O)N1CCOCCN([C@H](CCC(=O)O)C(=O)O)Cc2cccc(n2)C1. The highest BCUT2D eigenvalue weighted by Crippen LogP contribution is 2.16. The molecule has 0 spiro atoms. The van der Waals surface area contributed by atoms with Crippen molar-refractivity contribution in [2.24, 2.45) is 0 Å². The lowest BCUT2D eigenvalue weighted by atomic mass is 10.1. The van der Waals surface area contributed by atoms with Crippen molar-refractivity contribution in [1.82, 2.24) is 14.8 Å². The fraction of sp³-hybridized carbons (Fsp3) is 0.571. The van der Waals surface area contributed by atoms with Crippen LogP contribution in [0.1, 0.15) is 37.1 Å². The van der Waals surface area contributed by atoms with Crippen LogP contribution in [-0.4, -0.2) is 97.5 Å². The van der Waals surface area contributed by atoms with Crippen molar-refractivity contribution >= 4 is 36.3 Å². The van der Waals surface area contributed by atoms with Crippen LogP contribution in [0.5, 0.6) is 0 Å². The minimum absolute atomic E-state index is 0. The van der Waals surface area contributed by atoms with Crippen LogP contribution in [0.15, 0.2) is 18.2 Å². The van der Waals surface area contributed by atoms with Crippen LogP contribution in [0.3, 0.4) is 0 Å². The summed E-state index contributed by atoms with van der Waals surface area (Å²) in [6.07, 6.45) is -0.711. The molecule has 0 amide bonds. The molecule has 2 rings (SSSR count). The summed E-state index contributed by atoms with van der Waals surface area (Å²) in [6.45, 7) is 1.02. The van der Waals surface area contributed by atoms with Gasteiger partial charge in [0.1, 0.15) is 12.1 Å². The number of hydrogen-bond donors (Lipinski definition) is 4. The number of aromatic nitrogens is 1. The zero-order chi connectivity index (χ0) is 24.4. The summed E-state index contributed by atoms with van der Waals surface area (Å²) >= 11 is 0. The highest BCUT2D eigenvalue weighted by atomic mass is 35.5. The molecule has 0 fully saturated rings. The molecule has 0 saturated carbocycles. The van der Waals surface area contributed by atoms with Gasteiger partial charge in [0.05, 0.1) is 24.6 Å². The first-order valence-electron chi connectivity index (χ1n) is 10.6. The lowest BCUT2D eigenvalue weighted by Gasteiger charge is -2.31. The number of fused-ring (bicyclic) bond motifs is 2. The normalized spacial score (nSPS) is 17.3. The molecule has 12 nitrogen and oxygen atoms in total. The molecule has 13 heteroatoms. The molecule has 1 aliphatic heterocycles. The minimum Gasteiger partial charge on any atom is -0.481 e. The molecule has 0 unspecified atom stereocenters. The Morgan fingerprint density at radius 1 is 0.824 bits per heavy atom. The molecule has 1 aromatic heterocycles. The fourth-order valence-corrected chi connectivity index (χ4v) is 3.72. The van der Waals surface area contributed by atoms with Gasteiger partial charge in [-0.1, -0.05) is 6.07 Å². The van der Waals surface area contributed by atoms with E-state index in [4.69, 9.17) is 14.9 Å². The summed E-state index contributed by atoms with van der Waals surface area (Å²) in [6, 6.07) is 3.10. The molecule has 0 aromatic carbocycles. The Hall–Kier alpha value is -2.80. The summed E-state index contributed by atoms with van der Waals surface area (Å²) in [4.78, 5) is 53.3. The molecule has 1 aliphatic rings. The number of rotatable bonds is 10. The number of carbonyl (C=O) groups is 4. The van der Waals surface area contributed by atoms with E-state index in [0.717, 1.165) is 0 Å². The topological polar surface area (TPSA) is 178 Å². The van der Waals surface area contributed by atoms with E-state index in [1.54, 1.807) is 28.0 Å². The van der Waals surface area contributed by atoms with Gasteiger partial charge in [-0.15, -0.1) is 12.4 Å². The number of pyridine rings is 1. The maximum atomic E-state index is 11.8. The molecule has 190 valence electrons. The summed E-state index contributed by atoms with van der Waals surface area (Å²) < 4.78 is 5.62. The van der Waals surface area contributed by atoms with E-state index in [1.807, 2.05) is 0 Å². The highest BCUT2D eigenvalue weighted by Gasteiger charge is 2.29. The Morgan fingerprint density at radius 3 is 1.59 bits per heavy atom. The second kappa shape index (κ2) is 14.5. The van der Waals surface area contributed by atoms with Gasteiger partial charge < -0.3 is 25.2 Å². The van der Waals surface area contributed by atoms with Gasteiger partial charge >= 0.3 is 23.9 Å². The van der Waals surface area contributed by atoms with E-state index in [2.05, 4.69) is 4.98 Å². The Bertz CT molecular complexity index is 791. The van der Waals surface area contributed by atoms with Crippen LogP contribution in [0.25, 0.3) is 0 Å². The van der Waals surface area contributed by atoms with Crippen molar-refractivity contribution in [2.75, 3.05) is 26.3 Å². The molecule has 1 aromatic rings. The molecule has 2 atom stereocenters. The maximum absolute atomic E-state index is 11.8. The van der Waals surface area contributed by atoms with E-state index < -0.39 is 36.0 Å². The number of carboxylic acid groups (broad SMARTS) is 4. The average molecular weight is 504 g/mol. The van der Waals surface area contributed by atoms with Gasteiger partial charge in [0.2, 0.25) is 0 Å². The molecule has 0 aliphatic carbocycles. The van der Waals surface area contributed by atoms with E-state index in [9.17, 15) is 29.4 Å². The third-order valence-electron chi connectivity index (χ3n) is 5.36. The molecule has 0 saturated heterocycles. The van der Waals surface area contributed by atoms with Crippen molar-refractivity contribution in [3.8, 4) is 0 Å². The molecule has 4 N–H and O–H groups in total. The lowest BCUT2D eigenvalue weighted by molar-refractivity contribution is -0.146. The Labute approximate surface area is 202 Å². The third-order valence-corrected chi connectivity index (χ3v) is 5.36. The highest BCUT2D eigenvalue weighted by molar-refractivity contribution is 5.85. The van der Waals surface area contributed by atoms with E-state index in [0.29, 0.717) is 11.4 Å². The number of aliphatic carboxylic acids is 4. The van der Waals surface area contributed by atoms with E-state index in [1.165, 1.54) is 0 Å². The number of ether oxygens (including phenoxy) is 1. The minimum atomic E-state index is -1.13. The summed E-state index contributed by atoms with van der Waals surface area (Å²) in [5.74, 6) is -4.42. The summed E-state index contributed by atoms with van der Waals surface area (Å²) in [5.41, 5.74) is 1.10. The first kappa shape index (κ1) is 29.2. The molecule has 2 bridgehead atoms. The number of nitrogens with zero attached hydrogens (tertiary/aromatic N) is 3. The fourth-order valence-electron chi connectivity index (χ4n) is 3.72. The largest absolute Gasteiger partial charge is 0.481 e. The van der Waals surface area contributed by atoms with Crippen LogP contribution in [0.2, 0.25) is 0 Å².